The van der Waals surface area contributed by atoms with Gasteiger partial charge in [0.2, 0.25) is 5.91 Å². The number of amides is 1. The predicted octanol–water partition coefficient (Wildman–Crippen LogP) is 2.46. The molecule has 3 rings (SSSR count). The van der Waals surface area contributed by atoms with Crippen LogP contribution in [0.4, 0.5) is 11.4 Å². The number of rotatable bonds is 3. The molecule has 0 unspecified atom stereocenters. The maximum Gasteiger partial charge on any atom is 0.224 e. The fourth-order valence-corrected chi connectivity index (χ4v) is 2.72. The van der Waals surface area contributed by atoms with E-state index in [4.69, 9.17) is 5.73 Å². The second kappa shape index (κ2) is 5.24. The number of carbonyl (C=O) groups excluding carboxylic acids is 1. The fourth-order valence-electron chi connectivity index (χ4n) is 2.72. The Hall–Kier alpha value is -2.30. The van der Waals surface area contributed by atoms with Gasteiger partial charge < -0.3 is 11.1 Å². The summed E-state index contributed by atoms with van der Waals surface area (Å²) in [4.78, 5) is 11.5. The van der Waals surface area contributed by atoms with E-state index in [1.807, 2.05) is 10.7 Å². The molecule has 1 aromatic heterocycles. The monoisotopic (exact) mass is 284 g/mol. The van der Waals surface area contributed by atoms with Crippen molar-refractivity contribution in [1.82, 2.24) is 9.78 Å². The largest absolute Gasteiger partial charge is 0.397 e. The van der Waals surface area contributed by atoms with Gasteiger partial charge in [-0.15, -0.1) is 0 Å². The van der Waals surface area contributed by atoms with Crippen LogP contribution in [-0.2, 0) is 24.1 Å². The summed E-state index contributed by atoms with van der Waals surface area (Å²) in [7, 11) is 0. The normalized spacial score (nSPS) is 13.9. The van der Waals surface area contributed by atoms with Crippen LogP contribution in [-0.4, -0.2) is 15.7 Å². The van der Waals surface area contributed by atoms with Gasteiger partial charge in [0.05, 0.1) is 17.1 Å². The zero-order chi connectivity index (χ0) is 15.0. The molecule has 0 radical (unpaired) electrons. The van der Waals surface area contributed by atoms with Gasteiger partial charge >= 0.3 is 0 Å². The molecule has 2 heterocycles. The summed E-state index contributed by atoms with van der Waals surface area (Å²) in [5.74, 6) is 0.0521. The third-order valence-corrected chi connectivity index (χ3v) is 3.93. The van der Waals surface area contributed by atoms with Gasteiger partial charge in [0, 0.05) is 17.8 Å². The molecule has 0 spiro atoms. The first-order valence-electron chi connectivity index (χ1n) is 7.42. The van der Waals surface area contributed by atoms with Gasteiger partial charge in [-0.05, 0) is 43.0 Å². The SMILES string of the molecule is CCc1cc(CC)n(-c2cc3c(cc2N)NC(=O)CC3)n1. The van der Waals surface area contributed by atoms with Crippen molar-refractivity contribution in [3.05, 3.63) is 35.2 Å². The summed E-state index contributed by atoms with van der Waals surface area (Å²) in [6.45, 7) is 4.21. The lowest BCUT2D eigenvalue weighted by atomic mass is 10.0. The zero-order valence-corrected chi connectivity index (χ0v) is 12.4. The minimum atomic E-state index is 0.0521. The summed E-state index contributed by atoms with van der Waals surface area (Å²) < 4.78 is 1.94. The summed E-state index contributed by atoms with van der Waals surface area (Å²) in [5, 5.41) is 7.52. The lowest BCUT2D eigenvalue weighted by Gasteiger charge is -2.19. The van der Waals surface area contributed by atoms with Crippen LogP contribution in [0, 0.1) is 0 Å². The average Bonchev–Trinajstić information content (AvgIpc) is 2.89. The Labute approximate surface area is 124 Å². The smallest absolute Gasteiger partial charge is 0.224 e. The second-order valence-electron chi connectivity index (χ2n) is 5.36. The van der Waals surface area contributed by atoms with E-state index in [0.717, 1.165) is 47.6 Å². The molecule has 0 atom stereocenters. The Morgan fingerprint density at radius 2 is 2.05 bits per heavy atom. The number of anilines is 2. The number of aryl methyl sites for hydroxylation is 3. The van der Waals surface area contributed by atoms with Crippen molar-refractivity contribution >= 4 is 17.3 Å². The number of nitrogens with one attached hydrogen (secondary N) is 1. The molecule has 0 aliphatic carbocycles. The first-order valence-corrected chi connectivity index (χ1v) is 7.42. The Balaban J connectivity index is 2.11. The van der Waals surface area contributed by atoms with Gasteiger partial charge in [-0.1, -0.05) is 13.8 Å². The topological polar surface area (TPSA) is 72.9 Å². The van der Waals surface area contributed by atoms with Crippen LogP contribution in [0.15, 0.2) is 18.2 Å². The van der Waals surface area contributed by atoms with Crippen LogP contribution in [0.1, 0.15) is 37.2 Å². The highest BCUT2D eigenvalue weighted by Crippen LogP contribution is 2.30. The van der Waals surface area contributed by atoms with Gasteiger partial charge in [0.25, 0.3) is 0 Å². The number of nitrogen functional groups attached to an aromatic ring is 1. The van der Waals surface area contributed by atoms with Gasteiger partial charge in [-0.3, -0.25) is 4.79 Å². The molecular formula is C16H20N4O. The van der Waals surface area contributed by atoms with Gasteiger partial charge in [-0.25, -0.2) is 4.68 Å². The number of carbonyl (C=O) groups is 1. The number of nitrogens with two attached hydrogens (primary N) is 1. The molecule has 1 aromatic carbocycles. The first-order chi connectivity index (χ1) is 10.1. The lowest BCUT2D eigenvalue weighted by Crippen LogP contribution is -2.20. The van der Waals surface area contributed by atoms with Crippen molar-refractivity contribution in [3.63, 3.8) is 0 Å². The van der Waals surface area contributed by atoms with E-state index < -0.39 is 0 Å². The number of nitrogens with zero attached hydrogens (tertiary/aromatic N) is 2. The van der Waals surface area contributed by atoms with Crippen molar-refractivity contribution in [1.29, 1.82) is 0 Å². The molecular weight excluding hydrogens is 264 g/mol. The van der Waals surface area contributed by atoms with Crippen LogP contribution in [0.5, 0.6) is 0 Å². The molecule has 110 valence electrons. The highest BCUT2D eigenvalue weighted by atomic mass is 16.1. The number of hydrogen-bond donors (Lipinski definition) is 2. The maximum absolute atomic E-state index is 11.5. The second-order valence-corrected chi connectivity index (χ2v) is 5.36. The number of aromatic nitrogens is 2. The molecule has 5 nitrogen and oxygen atoms in total. The number of fused-ring (bicyclic) bond motifs is 1. The minimum absolute atomic E-state index is 0.0521. The molecule has 21 heavy (non-hydrogen) atoms. The van der Waals surface area contributed by atoms with Crippen LogP contribution < -0.4 is 11.1 Å². The Morgan fingerprint density at radius 1 is 1.24 bits per heavy atom. The molecule has 0 saturated heterocycles. The molecule has 1 aliphatic rings. The molecule has 3 N–H and O–H groups in total. The standard InChI is InChI=1S/C16H20N4O/c1-3-11-8-12(4-2)20(19-11)15-7-10-5-6-16(21)18-14(10)9-13(15)17/h7-9H,3-6,17H2,1-2H3,(H,18,21). The zero-order valence-electron chi connectivity index (χ0n) is 12.4. The summed E-state index contributed by atoms with van der Waals surface area (Å²) >= 11 is 0. The van der Waals surface area contributed by atoms with E-state index in [9.17, 15) is 4.79 Å². The van der Waals surface area contributed by atoms with E-state index in [-0.39, 0.29) is 5.91 Å². The Kier molecular flexibility index (Phi) is 3.41. The predicted molar refractivity (Wildman–Crippen MR) is 83.7 cm³/mol. The van der Waals surface area contributed by atoms with Crippen molar-refractivity contribution < 1.29 is 4.79 Å². The lowest BCUT2D eigenvalue weighted by molar-refractivity contribution is -0.116. The van der Waals surface area contributed by atoms with Gasteiger partial charge in [-0.2, -0.15) is 5.10 Å². The van der Waals surface area contributed by atoms with Crippen LogP contribution in [0.2, 0.25) is 0 Å². The average molecular weight is 284 g/mol. The van der Waals surface area contributed by atoms with E-state index >= 15 is 0 Å². The highest BCUT2D eigenvalue weighted by molar-refractivity contribution is 5.95. The van der Waals surface area contributed by atoms with E-state index in [0.29, 0.717) is 12.1 Å². The summed E-state index contributed by atoms with van der Waals surface area (Å²) in [5.41, 5.74) is 11.9. The number of benzene rings is 1. The molecule has 1 aliphatic heterocycles. The molecule has 2 aromatic rings. The minimum Gasteiger partial charge on any atom is -0.397 e. The molecule has 1 amide bonds. The van der Waals surface area contributed by atoms with E-state index in [2.05, 4.69) is 36.4 Å². The van der Waals surface area contributed by atoms with Crippen molar-refractivity contribution in [2.75, 3.05) is 11.1 Å². The molecule has 5 heteroatoms. The molecule has 0 bridgehead atoms. The maximum atomic E-state index is 11.5. The van der Waals surface area contributed by atoms with Crippen molar-refractivity contribution in [2.24, 2.45) is 0 Å². The fraction of sp³-hybridized carbons (Fsp3) is 0.375. The molecule has 0 fully saturated rings. The Bertz CT molecular complexity index is 703. The van der Waals surface area contributed by atoms with Crippen LogP contribution in [0.3, 0.4) is 0 Å². The number of hydrogen-bond acceptors (Lipinski definition) is 3. The van der Waals surface area contributed by atoms with Crippen LogP contribution in [0.25, 0.3) is 5.69 Å². The first kappa shape index (κ1) is 13.7. The summed E-state index contributed by atoms with van der Waals surface area (Å²) in [6.07, 6.45) is 3.08. The quantitative estimate of drug-likeness (QED) is 0.850. The van der Waals surface area contributed by atoms with Crippen molar-refractivity contribution in [2.45, 2.75) is 39.5 Å². The molecule has 0 saturated carbocycles. The third kappa shape index (κ3) is 2.39. The van der Waals surface area contributed by atoms with Gasteiger partial charge in [0.15, 0.2) is 0 Å². The van der Waals surface area contributed by atoms with Gasteiger partial charge in [0.1, 0.15) is 0 Å². The van der Waals surface area contributed by atoms with Crippen molar-refractivity contribution in [3.8, 4) is 5.69 Å². The van der Waals surface area contributed by atoms with Crippen LogP contribution >= 0.6 is 0 Å². The third-order valence-electron chi connectivity index (χ3n) is 3.93. The van der Waals surface area contributed by atoms with E-state index in [1.54, 1.807) is 0 Å². The highest BCUT2D eigenvalue weighted by Gasteiger charge is 2.18. The summed E-state index contributed by atoms with van der Waals surface area (Å²) in [6, 6.07) is 6.02. The van der Waals surface area contributed by atoms with E-state index in [1.165, 1.54) is 0 Å². The Morgan fingerprint density at radius 3 is 2.76 bits per heavy atom.